The van der Waals surface area contributed by atoms with Crippen molar-refractivity contribution in [2.24, 2.45) is 0 Å². The lowest BCUT2D eigenvalue weighted by Crippen LogP contribution is -2.34. The van der Waals surface area contributed by atoms with E-state index in [2.05, 4.69) is 6.92 Å². The minimum absolute atomic E-state index is 0.117. The largest absolute Gasteiger partial charge is 0.456 e. The van der Waals surface area contributed by atoms with Crippen molar-refractivity contribution in [3.63, 3.8) is 0 Å². The standard InChI is InChI=1S/C12H23NO3/c1-4-7-8-9-12(15)16-10-11(14)13(5-2)6-3/h4-10H2,1-3H3. The van der Waals surface area contributed by atoms with Gasteiger partial charge in [0.15, 0.2) is 6.61 Å². The van der Waals surface area contributed by atoms with E-state index in [1.54, 1.807) is 4.90 Å². The fourth-order valence-corrected chi connectivity index (χ4v) is 1.40. The molecule has 0 aromatic carbocycles. The SMILES string of the molecule is CCCCCC(=O)OCC(=O)N(CC)CC. The van der Waals surface area contributed by atoms with Crippen LogP contribution in [-0.4, -0.2) is 36.5 Å². The summed E-state index contributed by atoms with van der Waals surface area (Å²) in [5.74, 6) is -0.386. The topological polar surface area (TPSA) is 46.6 Å². The van der Waals surface area contributed by atoms with Crippen molar-refractivity contribution in [1.82, 2.24) is 4.90 Å². The van der Waals surface area contributed by atoms with Gasteiger partial charge in [0, 0.05) is 19.5 Å². The summed E-state index contributed by atoms with van der Waals surface area (Å²) in [6, 6.07) is 0. The lowest BCUT2D eigenvalue weighted by molar-refractivity contribution is -0.152. The second kappa shape index (κ2) is 9.19. The molecular weight excluding hydrogens is 206 g/mol. The Hall–Kier alpha value is -1.06. The van der Waals surface area contributed by atoms with Crippen molar-refractivity contribution in [1.29, 1.82) is 0 Å². The Kier molecular flexibility index (Phi) is 8.58. The van der Waals surface area contributed by atoms with E-state index in [1.807, 2.05) is 13.8 Å². The predicted octanol–water partition coefficient (Wildman–Crippen LogP) is 1.98. The Labute approximate surface area is 98.0 Å². The van der Waals surface area contributed by atoms with Gasteiger partial charge in [-0.1, -0.05) is 19.8 Å². The van der Waals surface area contributed by atoms with Crippen LogP contribution in [0.4, 0.5) is 0 Å². The van der Waals surface area contributed by atoms with Crippen LogP contribution in [-0.2, 0) is 14.3 Å². The van der Waals surface area contributed by atoms with Gasteiger partial charge < -0.3 is 9.64 Å². The number of likely N-dealkylation sites (N-methyl/N-ethyl adjacent to an activating group) is 1. The van der Waals surface area contributed by atoms with Gasteiger partial charge in [-0.2, -0.15) is 0 Å². The fourth-order valence-electron chi connectivity index (χ4n) is 1.40. The molecule has 0 aliphatic carbocycles. The molecule has 0 bridgehead atoms. The summed E-state index contributed by atoms with van der Waals surface area (Å²) in [6.07, 6.45) is 3.36. The summed E-state index contributed by atoms with van der Waals surface area (Å²) in [6.45, 7) is 7.09. The van der Waals surface area contributed by atoms with Crippen molar-refractivity contribution in [2.75, 3.05) is 19.7 Å². The molecule has 0 spiro atoms. The van der Waals surface area contributed by atoms with E-state index in [0.29, 0.717) is 19.5 Å². The van der Waals surface area contributed by atoms with Gasteiger partial charge in [-0.05, 0) is 20.3 Å². The molecule has 4 nitrogen and oxygen atoms in total. The molecule has 0 rings (SSSR count). The van der Waals surface area contributed by atoms with E-state index in [1.165, 1.54) is 0 Å². The van der Waals surface area contributed by atoms with Crippen LogP contribution in [0.25, 0.3) is 0 Å². The van der Waals surface area contributed by atoms with Crippen LogP contribution in [0.15, 0.2) is 0 Å². The zero-order valence-corrected chi connectivity index (χ0v) is 10.6. The molecule has 94 valence electrons. The highest BCUT2D eigenvalue weighted by molar-refractivity contribution is 5.80. The normalized spacial score (nSPS) is 9.94. The minimum Gasteiger partial charge on any atom is -0.456 e. The van der Waals surface area contributed by atoms with Crippen LogP contribution in [0.3, 0.4) is 0 Å². The van der Waals surface area contributed by atoms with E-state index in [0.717, 1.165) is 19.3 Å². The summed E-state index contributed by atoms with van der Waals surface area (Å²) in [4.78, 5) is 24.4. The van der Waals surface area contributed by atoms with Crippen molar-refractivity contribution in [2.45, 2.75) is 46.5 Å². The molecule has 0 aromatic heterocycles. The van der Waals surface area contributed by atoms with Gasteiger partial charge >= 0.3 is 5.97 Å². The number of unbranched alkanes of at least 4 members (excludes halogenated alkanes) is 2. The summed E-state index contributed by atoms with van der Waals surface area (Å²) in [7, 11) is 0. The van der Waals surface area contributed by atoms with Gasteiger partial charge in [0.1, 0.15) is 0 Å². The maximum atomic E-state index is 11.5. The van der Waals surface area contributed by atoms with Gasteiger partial charge in [0.2, 0.25) is 0 Å². The average molecular weight is 229 g/mol. The number of amides is 1. The Balaban J connectivity index is 3.70. The highest BCUT2D eigenvalue weighted by Crippen LogP contribution is 2.00. The second-order valence-electron chi connectivity index (χ2n) is 3.68. The third-order valence-electron chi connectivity index (χ3n) is 2.46. The molecule has 0 atom stereocenters. The van der Waals surface area contributed by atoms with Gasteiger partial charge in [-0.25, -0.2) is 0 Å². The highest BCUT2D eigenvalue weighted by Gasteiger charge is 2.11. The molecule has 0 aromatic rings. The van der Waals surface area contributed by atoms with Gasteiger partial charge in [-0.15, -0.1) is 0 Å². The van der Waals surface area contributed by atoms with E-state index >= 15 is 0 Å². The first-order valence-corrected chi connectivity index (χ1v) is 6.09. The summed E-state index contributed by atoms with van der Waals surface area (Å²) in [5.41, 5.74) is 0. The molecule has 0 heterocycles. The lowest BCUT2D eigenvalue weighted by atomic mass is 10.2. The zero-order valence-electron chi connectivity index (χ0n) is 10.6. The number of hydrogen-bond acceptors (Lipinski definition) is 3. The molecule has 1 amide bonds. The van der Waals surface area contributed by atoms with Crippen LogP contribution in [0.5, 0.6) is 0 Å². The van der Waals surface area contributed by atoms with Crippen LogP contribution in [0.1, 0.15) is 46.5 Å². The average Bonchev–Trinajstić information content (AvgIpc) is 2.28. The second-order valence-corrected chi connectivity index (χ2v) is 3.68. The van der Waals surface area contributed by atoms with E-state index < -0.39 is 0 Å². The van der Waals surface area contributed by atoms with Crippen LogP contribution in [0, 0.1) is 0 Å². The quantitative estimate of drug-likeness (QED) is 0.472. The molecule has 0 unspecified atom stereocenters. The minimum atomic E-state index is -0.269. The molecule has 0 saturated heterocycles. The van der Waals surface area contributed by atoms with Crippen LogP contribution < -0.4 is 0 Å². The maximum Gasteiger partial charge on any atom is 0.306 e. The molecule has 0 fully saturated rings. The van der Waals surface area contributed by atoms with Gasteiger partial charge in [0.25, 0.3) is 5.91 Å². The number of esters is 1. The number of hydrogen-bond donors (Lipinski definition) is 0. The van der Waals surface area contributed by atoms with E-state index in [-0.39, 0.29) is 18.5 Å². The predicted molar refractivity (Wildman–Crippen MR) is 63.0 cm³/mol. The number of carbonyl (C=O) groups is 2. The summed E-state index contributed by atoms with van der Waals surface area (Å²) >= 11 is 0. The maximum absolute atomic E-state index is 11.5. The number of carbonyl (C=O) groups excluding carboxylic acids is 2. The molecule has 4 heteroatoms. The first kappa shape index (κ1) is 14.9. The molecule has 0 aliphatic rings. The number of ether oxygens (including phenoxy) is 1. The third-order valence-corrected chi connectivity index (χ3v) is 2.46. The third kappa shape index (κ3) is 6.43. The first-order chi connectivity index (χ1) is 7.65. The highest BCUT2D eigenvalue weighted by atomic mass is 16.5. The van der Waals surface area contributed by atoms with Crippen LogP contribution >= 0.6 is 0 Å². The first-order valence-electron chi connectivity index (χ1n) is 6.09. The lowest BCUT2D eigenvalue weighted by Gasteiger charge is -2.18. The Morgan fingerprint density at radius 1 is 1.06 bits per heavy atom. The van der Waals surface area contributed by atoms with Gasteiger partial charge in [0.05, 0.1) is 0 Å². The fraction of sp³-hybridized carbons (Fsp3) is 0.833. The molecule has 0 radical (unpaired) electrons. The van der Waals surface area contributed by atoms with Gasteiger partial charge in [-0.3, -0.25) is 9.59 Å². The van der Waals surface area contributed by atoms with Crippen molar-refractivity contribution >= 4 is 11.9 Å². The van der Waals surface area contributed by atoms with E-state index in [9.17, 15) is 9.59 Å². The Bertz CT molecular complexity index is 212. The monoisotopic (exact) mass is 229 g/mol. The molecule has 0 saturated carbocycles. The zero-order chi connectivity index (χ0) is 12.4. The number of nitrogens with zero attached hydrogens (tertiary/aromatic N) is 1. The van der Waals surface area contributed by atoms with E-state index in [4.69, 9.17) is 4.74 Å². The van der Waals surface area contributed by atoms with Crippen molar-refractivity contribution < 1.29 is 14.3 Å². The Morgan fingerprint density at radius 3 is 2.19 bits per heavy atom. The van der Waals surface area contributed by atoms with Crippen molar-refractivity contribution in [3.8, 4) is 0 Å². The Morgan fingerprint density at radius 2 is 1.69 bits per heavy atom. The van der Waals surface area contributed by atoms with Crippen LogP contribution in [0.2, 0.25) is 0 Å². The smallest absolute Gasteiger partial charge is 0.306 e. The molecule has 0 aliphatic heterocycles. The number of rotatable bonds is 8. The molecule has 16 heavy (non-hydrogen) atoms. The molecule has 0 N–H and O–H groups in total. The van der Waals surface area contributed by atoms with Crippen molar-refractivity contribution in [3.05, 3.63) is 0 Å². The summed E-state index contributed by atoms with van der Waals surface area (Å²) < 4.78 is 4.90. The summed E-state index contributed by atoms with van der Waals surface area (Å²) in [5, 5.41) is 0. The molecular formula is C12H23NO3.